The molecule has 0 radical (unpaired) electrons. The normalized spacial score (nSPS) is 10.4. The number of hydrogen-bond acceptors (Lipinski definition) is 6. The van der Waals surface area contributed by atoms with Crippen LogP contribution in [0.3, 0.4) is 0 Å². The van der Waals surface area contributed by atoms with Crippen LogP contribution in [0.25, 0.3) is 10.2 Å². The summed E-state index contributed by atoms with van der Waals surface area (Å²) in [6.07, 6.45) is 0. The Morgan fingerprint density at radius 1 is 1.30 bits per heavy atom. The van der Waals surface area contributed by atoms with Crippen LogP contribution in [0.4, 0.5) is 21.8 Å². The lowest BCUT2D eigenvalue weighted by atomic mass is 10.2. The molecule has 0 bridgehead atoms. The molecule has 0 amide bonds. The molecular formula is C13H8FN5S. The molecule has 0 saturated heterocycles. The molecule has 0 aliphatic carbocycles. The van der Waals surface area contributed by atoms with Crippen LogP contribution < -0.4 is 11.1 Å². The summed E-state index contributed by atoms with van der Waals surface area (Å²) >= 11 is 1.43. The monoisotopic (exact) mass is 285 g/mol. The number of nitrogens with two attached hydrogens (primary N) is 1. The molecular weight excluding hydrogens is 277 g/mol. The van der Waals surface area contributed by atoms with Gasteiger partial charge in [0.2, 0.25) is 5.95 Å². The Morgan fingerprint density at radius 3 is 2.95 bits per heavy atom. The Bertz CT molecular complexity index is 836. The second-order valence-electron chi connectivity index (χ2n) is 3.97. The van der Waals surface area contributed by atoms with Crippen molar-refractivity contribution in [3.8, 4) is 6.07 Å². The number of rotatable bonds is 2. The van der Waals surface area contributed by atoms with Crippen molar-refractivity contribution < 1.29 is 4.39 Å². The highest BCUT2D eigenvalue weighted by Crippen LogP contribution is 2.29. The fraction of sp³-hybridized carbons (Fsp3) is 0. The number of halogens is 1. The molecule has 0 spiro atoms. The number of fused-ring (bicyclic) bond motifs is 1. The van der Waals surface area contributed by atoms with Gasteiger partial charge in [0.1, 0.15) is 28.1 Å². The van der Waals surface area contributed by atoms with Gasteiger partial charge in [-0.1, -0.05) is 6.07 Å². The maximum atomic E-state index is 13.6. The molecule has 0 saturated carbocycles. The Kier molecular flexibility index (Phi) is 2.93. The topological polar surface area (TPSA) is 87.6 Å². The van der Waals surface area contributed by atoms with E-state index in [0.29, 0.717) is 11.5 Å². The zero-order valence-electron chi connectivity index (χ0n) is 10.1. The Labute approximate surface area is 117 Å². The van der Waals surface area contributed by atoms with Crippen LogP contribution in [-0.4, -0.2) is 9.97 Å². The number of nitrogen functional groups attached to an aromatic ring is 1. The molecule has 98 valence electrons. The summed E-state index contributed by atoms with van der Waals surface area (Å²) in [5, 5.41) is 14.6. The van der Waals surface area contributed by atoms with Gasteiger partial charge < -0.3 is 11.1 Å². The van der Waals surface area contributed by atoms with E-state index in [9.17, 15) is 4.39 Å². The molecule has 20 heavy (non-hydrogen) atoms. The lowest BCUT2D eigenvalue weighted by molar-refractivity contribution is 0.624. The second kappa shape index (κ2) is 4.75. The fourth-order valence-corrected chi connectivity index (χ4v) is 2.61. The molecule has 5 nitrogen and oxygen atoms in total. The molecule has 7 heteroatoms. The highest BCUT2D eigenvalue weighted by molar-refractivity contribution is 7.16. The van der Waals surface area contributed by atoms with E-state index in [1.165, 1.54) is 23.5 Å². The largest absolute Gasteiger partial charge is 0.368 e. The van der Waals surface area contributed by atoms with Crippen LogP contribution in [0.2, 0.25) is 0 Å². The number of benzene rings is 1. The van der Waals surface area contributed by atoms with Crippen LogP contribution in [0.15, 0.2) is 29.6 Å². The molecule has 2 aromatic heterocycles. The van der Waals surface area contributed by atoms with Gasteiger partial charge in [0.15, 0.2) is 0 Å². The lowest BCUT2D eigenvalue weighted by Gasteiger charge is -2.09. The van der Waals surface area contributed by atoms with Crippen LogP contribution in [0.1, 0.15) is 5.56 Å². The molecule has 0 atom stereocenters. The summed E-state index contributed by atoms with van der Waals surface area (Å²) in [5.74, 6) is -0.00528. The number of hydrogen-bond donors (Lipinski definition) is 2. The minimum absolute atomic E-state index is 0.0620. The van der Waals surface area contributed by atoms with E-state index in [-0.39, 0.29) is 11.5 Å². The average molecular weight is 285 g/mol. The van der Waals surface area contributed by atoms with Crippen molar-refractivity contribution >= 4 is 39.0 Å². The van der Waals surface area contributed by atoms with Gasteiger partial charge >= 0.3 is 0 Å². The number of nitrogens with one attached hydrogen (secondary N) is 1. The standard InChI is InChI=1S/C13H8FN5S/c14-9-2-1-3-10(8(9)6-15)17-11-7-4-5-20-12(7)19-13(16)18-11/h1-5H,(H3,16,17,18,19). The second-order valence-corrected chi connectivity index (χ2v) is 4.86. The molecule has 1 aromatic carbocycles. The van der Waals surface area contributed by atoms with Gasteiger partial charge in [0.05, 0.1) is 11.1 Å². The first kappa shape index (κ1) is 12.3. The number of nitriles is 1. The van der Waals surface area contributed by atoms with Crippen molar-refractivity contribution in [1.82, 2.24) is 9.97 Å². The fourth-order valence-electron chi connectivity index (χ4n) is 1.84. The van der Waals surface area contributed by atoms with Crippen LogP contribution in [-0.2, 0) is 0 Å². The van der Waals surface area contributed by atoms with E-state index in [1.54, 1.807) is 6.07 Å². The molecule has 2 heterocycles. The Morgan fingerprint density at radius 2 is 2.15 bits per heavy atom. The lowest BCUT2D eigenvalue weighted by Crippen LogP contribution is -2.02. The number of aromatic nitrogens is 2. The Balaban J connectivity index is 2.13. The summed E-state index contributed by atoms with van der Waals surface area (Å²) in [6, 6.07) is 8.04. The first-order valence-corrected chi connectivity index (χ1v) is 6.53. The maximum absolute atomic E-state index is 13.6. The third-order valence-corrected chi connectivity index (χ3v) is 3.53. The highest BCUT2D eigenvalue weighted by Gasteiger charge is 2.12. The molecule has 0 aliphatic rings. The van der Waals surface area contributed by atoms with Crippen LogP contribution in [0.5, 0.6) is 0 Å². The zero-order chi connectivity index (χ0) is 14.1. The minimum Gasteiger partial charge on any atom is -0.368 e. The van der Waals surface area contributed by atoms with Gasteiger partial charge in [0, 0.05) is 0 Å². The zero-order valence-corrected chi connectivity index (χ0v) is 10.9. The van der Waals surface area contributed by atoms with E-state index in [1.807, 2.05) is 17.5 Å². The van der Waals surface area contributed by atoms with Crippen molar-refractivity contribution in [2.75, 3.05) is 11.1 Å². The van der Waals surface area contributed by atoms with Gasteiger partial charge in [-0.05, 0) is 23.6 Å². The smallest absolute Gasteiger partial charge is 0.223 e. The summed E-state index contributed by atoms with van der Waals surface area (Å²) in [5.41, 5.74) is 5.93. The average Bonchev–Trinajstić information content (AvgIpc) is 2.87. The van der Waals surface area contributed by atoms with E-state index in [4.69, 9.17) is 11.0 Å². The van der Waals surface area contributed by atoms with E-state index in [2.05, 4.69) is 15.3 Å². The molecule has 0 unspecified atom stereocenters. The van der Waals surface area contributed by atoms with Gasteiger partial charge in [-0.2, -0.15) is 10.2 Å². The van der Waals surface area contributed by atoms with Gasteiger partial charge in [-0.3, -0.25) is 0 Å². The summed E-state index contributed by atoms with van der Waals surface area (Å²) in [7, 11) is 0. The van der Waals surface area contributed by atoms with E-state index in [0.717, 1.165) is 10.2 Å². The van der Waals surface area contributed by atoms with Crippen LogP contribution in [0, 0.1) is 17.1 Å². The number of thiophene rings is 1. The predicted molar refractivity (Wildman–Crippen MR) is 76.2 cm³/mol. The third-order valence-electron chi connectivity index (χ3n) is 2.72. The van der Waals surface area contributed by atoms with Crippen molar-refractivity contribution in [1.29, 1.82) is 5.26 Å². The first-order valence-electron chi connectivity index (χ1n) is 5.65. The predicted octanol–water partition coefficient (Wildman–Crippen LogP) is 3.03. The molecule has 0 fully saturated rings. The summed E-state index contributed by atoms with van der Waals surface area (Å²) in [6.45, 7) is 0. The number of nitrogens with zero attached hydrogens (tertiary/aromatic N) is 3. The van der Waals surface area contributed by atoms with Crippen molar-refractivity contribution in [3.63, 3.8) is 0 Å². The van der Waals surface area contributed by atoms with Crippen LogP contribution >= 0.6 is 11.3 Å². The van der Waals surface area contributed by atoms with Crippen molar-refractivity contribution in [2.24, 2.45) is 0 Å². The van der Waals surface area contributed by atoms with Crippen molar-refractivity contribution in [3.05, 3.63) is 41.0 Å². The quantitative estimate of drug-likeness (QED) is 0.755. The minimum atomic E-state index is -0.582. The SMILES string of the molecule is N#Cc1c(F)cccc1Nc1nc(N)nc2sccc12. The summed E-state index contributed by atoms with van der Waals surface area (Å²) < 4.78 is 13.6. The maximum Gasteiger partial charge on any atom is 0.223 e. The first-order chi connectivity index (χ1) is 9.69. The van der Waals surface area contributed by atoms with Crippen molar-refractivity contribution in [2.45, 2.75) is 0 Å². The van der Waals surface area contributed by atoms with Gasteiger partial charge in [0.25, 0.3) is 0 Å². The molecule has 0 aliphatic heterocycles. The van der Waals surface area contributed by atoms with Gasteiger partial charge in [-0.15, -0.1) is 11.3 Å². The van der Waals surface area contributed by atoms with E-state index >= 15 is 0 Å². The Hall–Kier alpha value is -2.72. The molecule has 3 rings (SSSR count). The molecule has 3 N–H and O–H groups in total. The number of anilines is 3. The molecule has 3 aromatic rings. The highest BCUT2D eigenvalue weighted by atomic mass is 32.1. The van der Waals surface area contributed by atoms with E-state index < -0.39 is 5.82 Å². The van der Waals surface area contributed by atoms with Gasteiger partial charge in [-0.25, -0.2) is 9.37 Å². The third kappa shape index (κ3) is 2.02. The summed E-state index contributed by atoms with van der Waals surface area (Å²) in [4.78, 5) is 8.94.